The van der Waals surface area contributed by atoms with Crippen molar-refractivity contribution in [3.05, 3.63) is 0 Å². The number of unbranched alkanes of at least 4 members (excludes halogenated alkanes) is 30. The Bertz CT molecular complexity index is 1520. The van der Waals surface area contributed by atoms with Gasteiger partial charge in [0.25, 0.3) is 0 Å². The van der Waals surface area contributed by atoms with Gasteiger partial charge >= 0.3 is 39.5 Å². The summed E-state index contributed by atoms with van der Waals surface area (Å²) >= 11 is 0. The predicted octanol–water partition coefficient (Wildman–Crippen LogP) is 15.5. The second kappa shape index (κ2) is 52.2. The van der Waals surface area contributed by atoms with Crippen molar-refractivity contribution < 1.29 is 80.2 Å². The summed E-state index contributed by atoms with van der Waals surface area (Å²) in [5, 5.41) is 10.5. The Labute approximate surface area is 467 Å². The number of hydrogen-bond donors (Lipinski definition) is 3. The molecule has 0 amide bonds. The topological polar surface area (TPSA) is 237 Å². The van der Waals surface area contributed by atoms with Crippen LogP contribution in [0, 0.1) is 5.92 Å². The van der Waals surface area contributed by atoms with Gasteiger partial charge < -0.3 is 33.8 Å². The highest BCUT2D eigenvalue weighted by Gasteiger charge is 2.30. The van der Waals surface area contributed by atoms with Gasteiger partial charge in [-0.3, -0.25) is 37.3 Å². The number of aliphatic hydroxyl groups excluding tert-OH is 1. The molecule has 5 atom stereocenters. The van der Waals surface area contributed by atoms with Crippen molar-refractivity contribution in [1.82, 2.24) is 0 Å². The minimum Gasteiger partial charge on any atom is -0.462 e. The quantitative estimate of drug-likeness (QED) is 0.0222. The molecule has 0 aliphatic carbocycles. The number of phosphoric ester groups is 2. The first-order valence-corrected chi connectivity index (χ1v) is 33.6. The Kier molecular flexibility index (Phi) is 50.8. The third kappa shape index (κ3) is 53.2. The fraction of sp³-hybridized carbons (Fsp3) is 0.931. The zero-order chi connectivity index (χ0) is 57.1. The van der Waals surface area contributed by atoms with E-state index in [1.54, 1.807) is 0 Å². The lowest BCUT2D eigenvalue weighted by molar-refractivity contribution is -0.161. The lowest BCUT2D eigenvalue weighted by Gasteiger charge is -2.21. The summed E-state index contributed by atoms with van der Waals surface area (Å²) in [7, 11) is -9.87. The predicted molar refractivity (Wildman–Crippen MR) is 303 cm³/mol. The van der Waals surface area contributed by atoms with Crippen molar-refractivity contribution in [2.75, 3.05) is 39.6 Å². The molecule has 77 heavy (non-hydrogen) atoms. The van der Waals surface area contributed by atoms with Crippen LogP contribution in [0.25, 0.3) is 0 Å². The molecule has 0 saturated carbocycles. The number of carbonyl (C=O) groups excluding carboxylic acids is 4. The molecule has 0 radical (unpaired) electrons. The summed E-state index contributed by atoms with van der Waals surface area (Å²) in [5.41, 5.74) is 0. The first-order chi connectivity index (χ1) is 37.0. The van der Waals surface area contributed by atoms with Crippen molar-refractivity contribution in [1.29, 1.82) is 0 Å². The van der Waals surface area contributed by atoms with E-state index in [2.05, 4.69) is 34.6 Å². The van der Waals surface area contributed by atoms with Gasteiger partial charge in [-0.2, -0.15) is 0 Å². The zero-order valence-electron chi connectivity index (χ0n) is 49.1. The summed E-state index contributed by atoms with van der Waals surface area (Å²) in [5.74, 6) is -1.41. The lowest BCUT2D eigenvalue weighted by atomic mass is 10.0. The maximum absolute atomic E-state index is 12.9. The van der Waals surface area contributed by atoms with Gasteiger partial charge in [0, 0.05) is 25.7 Å². The second-order valence-electron chi connectivity index (χ2n) is 21.5. The summed E-state index contributed by atoms with van der Waals surface area (Å²) in [4.78, 5) is 71.7. The van der Waals surface area contributed by atoms with Crippen LogP contribution in [-0.4, -0.2) is 96.7 Å². The van der Waals surface area contributed by atoms with E-state index in [9.17, 15) is 43.2 Å². The van der Waals surface area contributed by atoms with Crippen molar-refractivity contribution in [2.45, 2.75) is 303 Å². The minimum absolute atomic E-state index is 0.105. The smallest absolute Gasteiger partial charge is 0.462 e. The average molecular weight is 1140 g/mol. The van der Waals surface area contributed by atoms with Crippen LogP contribution in [0.15, 0.2) is 0 Å². The molecule has 0 spiro atoms. The Morgan fingerprint density at radius 1 is 0.351 bits per heavy atom. The summed E-state index contributed by atoms with van der Waals surface area (Å²) in [6, 6.07) is 0. The Morgan fingerprint density at radius 2 is 0.597 bits per heavy atom. The molecule has 0 aromatic heterocycles. The molecule has 0 aliphatic heterocycles. The van der Waals surface area contributed by atoms with E-state index in [0.717, 1.165) is 109 Å². The van der Waals surface area contributed by atoms with Gasteiger partial charge in [-0.1, -0.05) is 234 Å². The molecule has 0 heterocycles. The molecule has 0 aromatic carbocycles. The Balaban J connectivity index is 5.21. The Morgan fingerprint density at radius 3 is 0.883 bits per heavy atom. The fourth-order valence-electron chi connectivity index (χ4n) is 8.52. The molecule has 0 fully saturated rings. The van der Waals surface area contributed by atoms with Crippen LogP contribution in [0.4, 0.5) is 0 Å². The fourth-order valence-corrected chi connectivity index (χ4v) is 10.1. The van der Waals surface area contributed by atoms with Gasteiger partial charge in [-0.25, -0.2) is 9.13 Å². The van der Waals surface area contributed by atoms with E-state index in [0.29, 0.717) is 25.7 Å². The van der Waals surface area contributed by atoms with Crippen molar-refractivity contribution in [2.24, 2.45) is 5.92 Å². The Hall–Kier alpha value is -1.94. The van der Waals surface area contributed by atoms with Crippen LogP contribution in [0.2, 0.25) is 0 Å². The van der Waals surface area contributed by atoms with Crippen LogP contribution >= 0.6 is 15.6 Å². The monoisotopic (exact) mass is 1140 g/mol. The molecule has 0 rings (SSSR count). The number of hydrogen-bond acceptors (Lipinski definition) is 15. The average Bonchev–Trinajstić information content (AvgIpc) is 3.39. The standard InChI is InChI=1S/C58H112O17P2/c1-6-9-12-15-18-21-27-32-37-42-56(61)69-48-54(75-58(63)44-39-34-29-24-20-23-26-30-35-40-51(4)5)50-73-77(66,67)71-46-52(59)45-70-76(64,65)72-49-53(47-68-55(60)41-36-31-25-17-14-11-8-3)74-57(62)43-38-33-28-22-19-16-13-10-7-2/h51-54,59H,6-50H2,1-5H3,(H,64,65)(H,66,67)/t52-,53+,54+/m0/s1. The number of aliphatic hydroxyl groups is 1. The highest BCUT2D eigenvalue weighted by Crippen LogP contribution is 2.45. The third-order valence-electron chi connectivity index (χ3n) is 13.3. The van der Waals surface area contributed by atoms with Gasteiger partial charge in [-0.15, -0.1) is 0 Å². The number of rotatable bonds is 58. The van der Waals surface area contributed by atoms with Crippen molar-refractivity contribution >= 4 is 39.5 Å². The highest BCUT2D eigenvalue weighted by molar-refractivity contribution is 7.47. The molecule has 19 heteroatoms. The van der Waals surface area contributed by atoms with Crippen LogP contribution in [-0.2, 0) is 65.4 Å². The zero-order valence-corrected chi connectivity index (χ0v) is 50.9. The molecule has 0 bridgehead atoms. The minimum atomic E-state index is -4.93. The van der Waals surface area contributed by atoms with Crippen LogP contribution in [0.1, 0.15) is 285 Å². The van der Waals surface area contributed by atoms with E-state index in [1.165, 1.54) is 96.3 Å². The molecule has 3 N–H and O–H groups in total. The molecule has 0 aromatic rings. The van der Waals surface area contributed by atoms with E-state index >= 15 is 0 Å². The first kappa shape index (κ1) is 75.1. The van der Waals surface area contributed by atoms with Gasteiger partial charge in [0.2, 0.25) is 0 Å². The number of ether oxygens (including phenoxy) is 4. The maximum atomic E-state index is 12.9. The van der Waals surface area contributed by atoms with Crippen LogP contribution in [0.5, 0.6) is 0 Å². The maximum Gasteiger partial charge on any atom is 0.472 e. The van der Waals surface area contributed by atoms with Crippen molar-refractivity contribution in [3.8, 4) is 0 Å². The van der Waals surface area contributed by atoms with Gasteiger partial charge in [0.05, 0.1) is 26.4 Å². The largest absolute Gasteiger partial charge is 0.472 e. The van der Waals surface area contributed by atoms with E-state index < -0.39 is 97.5 Å². The highest BCUT2D eigenvalue weighted by atomic mass is 31.2. The molecular weight excluding hydrogens is 1030 g/mol. The third-order valence-corrected chi connectivity index (χ3v) is 15.2. The lowest BCUT2D eigenvalue weighted by Crippen LogP contribution is -2.30. The van der Waals surface area contributed by atoms with Gasteiger partial charge in [0.15, 0.2) is 12.2 Å². The van der Waals surface area contributed by atoms with E-state index in [1.807, 2.05) is 0 Å². The van der Waals surface area contributed by atoms with Crippen LogP contribution in [0.3, 0.4) is 0 Å². The SMILES string of the molecule is CCCCCCCCCCCC(=O)OC[C@H](COP(=O)(O)OC[C@@H](O)COP(=O)(O)OC[C@@H](COC(=O)CCCCCCCCC)OC(=O)CCCCCCCCCCC)OC(=O)CCCCCCCCCCCC(C)C. The van der Waals surface area contributed by atoms with E-state index in [-0.39, 0.29) is 25.7 Å². The molecule has 0 saturated heterocycles. The molecule has 456 valence electrons. The summed E-state index contributed by atoms with van der Waals surface area (Å²) < 4.78 is 67.6. The molecule has 17 nitrogen and oxygen atoms in total. The van der Waals surface area contributed by atoms with Crippen molar-refractivity contribution in [3.63, 3.8) is 0 Å². The van der Waals surface area contributed by atoms with Gasteiger partial charge in [-0.05, 0) is 31.6 Å². The van der Waals surface area contributed by atoms with E-state index in [4.69, 9.17) is 37.0 Å². The normalized spacial score (nSPS) is 14.4. The molecule has 0 aliphatic rings. The molecule has 2 unspecified atom stereocenters. The number of phosphoric acid groups is 2. The second-order valence-corrected chi connectivity index (χ2v) is 24.4. The number of carbonyl (C=O) groups is 4. The van der Waals surface area contributed by atoms with Gasteiger partial charge in [0.1, 0.15) is 19.3 Å². The number of esters is 4. The first-order valence-electron chi connectivity index (χ1n) is 30.6. The van der Waals surface area contributed by atoms with Crippen LogP contribution < -0.4 is 0 Å². The summed E-state index contributed by atoms with van der Waals surface area (Å²) in [6.45, 7) is 7.05. The molecular formula is C58H112O17P2. The summed E-state index contributed by atoms with van der Waals surface area (Å²) in [6.07, 6.45) is 33.6.